The summed E-state index contributed by atoms with van der Waals surface area (Å²) in [6, 6.07) is 9.01. The quantitative estimate of drug-likeness (QED) is 0.790. The van der Waals surface area contributed by atoms with Crippen molar-refractivity contribution in [2.24, 2.45) is 0 Å². The van der Waals surface area contributed by atoms with E-state index in [0.29, 0.717) is 11.9 Å². The molecule has 0 aliphatic carbocycles. The molecule has 6 heteroatoms. The molecule has 1 aliphatic rings. The van der Waals surface area contributed by atoms with Crippen LogP contribution in [0.5, 0.6) is 0 Å². The van der Waals surface area contributed by atoms with Crippen LogP contribution in [0, 0.1) is 0 Å². The zero-order valence-corrected chi connectivity index (χ0v) is 13.4. The third-order valence-corrected chi connectivity index (χ3v) is 5.33. The van der Waals surface area contributed by atoms with Gasteiger partial charge >= 0.3 is 0 Å². The van der Waals surface area contributed by atoms with E-state index in [1.165, 1.54) is 16.0 Å². The summed E-state index contributed by atoms with van der Waals surface area (Å²) in [6.07, 6.45) is 0.994. The number of thiazole rings is 1. The molecule has 114 valence electrons. The number of benzene rings is 1. The van der Waals surface area contributed by atoms with E-state index in [1.54, 1.807) is 11.3 Å². The Morgan fingerprint density at radius 2 is 2.14 bits per heavy atom. The van der Waals surface area contributed by atoms with Crippen molar-refractivity contribution in [1.29, 1.82) is 0 Å². The predicted molar refractivity (Wildman–Crippen MR) is 90.0 cm³/mol. The normalized spacial score (nSPS) is 17.3. The Morgan fingerprint density at radius 1 is 1.23 bits per heavy atom. The van der Waals surface area contributed by atoms with E-state index >= 15 is 0 Å². The minimum atomic E-state index is 0.382. The number of hydrogen-bond donors (Lipinski definition) is 1. The molecular formula is C16H19N5S. The van der Waals surface area contributed by atoms with E-state index in [9.17, 15) is 0 Å². The molecule has 1 unspecified atom stereocenters. The van der Waals surface area contributed by atoms with Crippen molar-refractivity contribution >= 4 is 27.4 Å². The first kappa shape index (κ1) is 13.7. The Labute approximate surface area is 133 Å². The number of nitrogens with two attached hydrogens (primary N) is 1. The Bertz CT molecular complexity index is 780. The van der Waals surface area contributed by atoms with Gasteiger partial charge in [-0.05, 0) is 24.6 Å². The van der Waals surface area contributed by atoms with Crippen molar-refractivity contribution in [3.63, 3.8) is 0 Å². The molecule has 0 fully saturated rings. The number of hydrogen-bond acceptors (Lipinski definition) is 5. The predicted octanol–water partition coefficient (Wildman–Crippen LogP) is 2.69. The zero-order valence-electron chi connectivity index (χ0n) is 12.6. The highest BCUT2D eigenvalue weighted by molar-refractivity contribution is 7.16. The van der Waals surface area contributed by atoms with Gasteiger partial charge in [0.15, 0.2) is 0 Å². The van der Waals surface area contributed by atoms with Gasteiger partial charge < -0.3 is 5.73 Å². The first-order chi connectivity index (χ1) is 10.7. The second-order valence-corrected chi connectivity index (χ2v) is 6.71. The summed E-state index contributed by atoms with van der Waals surface area (Å²) < 4.78 is 3.30. The molecule has 1 atom stereocenters. The van der Waals surface area contributed by atoms with Crippen LogP contribution in [0.3, 0.4) is 0 Å². The fourth-order valence-electron chi connectivity index (χ4n) is 3.20. The number of nitrogen functional groups attached to an aromatic ring is 1. The molecule has 3 aromatic rings. The topological polar surface area (TPSA) is 60.0 Å². The molecule has 2 aromatic heterocycles. The molecule has 0 bridgehead atoms. The average molecular weight is 313 g/mol. The summed E-state index contributed by atoms with van der Waals surface area (Å²) in [6.45, 7) is 5.19. The van der Waals surface area contributed by atoms with Gasteiger partial charge in [0, 0.05) is 37.3 Å². The average Bonchev–Trinajstić information content (AvgIpc) is 3.07. The maximum Gasteiger partial charge on any atom is 0.145 e. The molecule has 22 heavy (non-hydrogen) atoms. The maximum absolute atomic E-state index is 5.79. The van der Waals surface area contributed by atoms with Crippen LogP contribution in [0.2, 0.25) is 0 Å². The molecule has 0 amide bonds. The van der Waals surface area contributed by atoms with E-state index in [1.807, 2.05) is 16.3 Å². The fraction of sp³-hybridized carbons (Fsp3) is 0.375. The van der Waals surface area contributed by atoms with Crippen LogP contribution in [-0.4, -0.2) is 32.8 Å². The van der Waals surface area contributed by atoms with Gasteiger partial charge in [-0.1, -0.05) is 6.07 Å². The molecule has 0 saturated heterocycles. The minimum absolute atomic E-state index is 0.382. The molecule has 0 spiro atoms. The minimum Gasteiger partial charge on any atom is -0.382 e. The monoisotopic (exact) mass is 313 g/mol. The Kier molecular flexibility index (Phi) is 3.35. The third-order valence-electron chi connectivity index (χ3n) is 4.52. The number of nitrogens with zero attached hydrogens (tertiary/aromatic N) is 4. The van der Waals surface area contributed by atoms with Crippen molar-refractivity contribution in [3.05, 3.63) is 41.0 Å². The smallest absolute Gasteiger partial charge is 0.145 e. The highest BCUT2D eigenvalue weighted by Gasteiger charge is 2.21. The highest BCUT2D eigenvalue weighted by atomic mass is 32.1. The number of rotatable bonds is 2. The lowest BCUT2D eigenvalue weighted by molar-refractivity contribution is 0.214. The SMILES string of the molecule is CC(c1ccc2scnc2c1)N1CCc2cc(N)nn2CC1. The summed E-state index contributed by atoms with van der Waals surface area (Å²) >= 11 is 1.69. The molecular weight excluding hydrogens is 294 g/mol. The van der Waals surface area contributed by atoms with Gasteiger partial charge in [0.05, 0.1) is 22.3 Å². The van der Waals surface area contributed by atoms with Crippen LogP contribution >= 0.6 is 11.3 Å². The van der Waals surface area contributed by atoms with Gasteiger partial charge in [-0.25, -0.2) is 4.98 Å². The molecule has 1 aromatic carbocycles. The van der Waals surface area contributed by atoms with Gasteiger partial charge in [-0.15, -0.1) is 11.3 Å². The van der Waals surface area contributed by atoms with Crippen molar-refractivity contribution in [2.75, 3.05) is 18.8 Å². The van der Waals surface area contributed by atoms with Gasteiger partial charge in [0.1, 0.15) is 5.82 Å². The largest absolute Gasteiger partial charge is 0.382 e. The lowest BCUT2D eigenvalue weighted by Gasteiger charge is -2.27. The Balaban J connectivity index is 1.55. The van der Waals surface area contributed by atoms with E-state index < -0.39 is 0 Å². The molecule has 0 saturated carbocycles. The third kappa shape index (κ3) is 2.38. The highest BCUT2D eigenvalue weighted by Crippen LogP contribution is 2.27. The number of fused-ring (bicyclic) bond motifs is 2. The van der Waals surface area contributed by atoms with Crippen molar-refractivity contribution in [2.45, 2.75) is 25.9 Å². The molecule has 5 nitrogen and oxygen atoms in total. The molecule has 1 aliphatic heterocycles. The standard InChI is InChI=1S/C16H19N5S/c1-11(12-2-3-15-14(8-12)18-10-22-15)20-5-4-13-9-16(17)19-21(13)7-6-20/h2-3,8-11H,4-7H2,1H3,(H2,17,19). The first-order valence-corrected chi connectivity index (χ1v) is 8.48. The van der Waals surface area contributed by atoms with E-state index in [4.69, 9.17) is 5.73 Å². The summed E-state index contributed by atoms with van der Waals surface area (Å²) in [5.74, 6) is 0.630. The molecule has 2 N–H and O–H groups in total. The number of aromatic nitrogens is 3. The Hall–Kier alpha value is -1.92. The van der Waals surface area contributed by atoms with E-state index in [-0.39, 0.29) is 0 Å². The number of anilines is 1. The molecule has 0 radical (unpaired) electrons. The van der Waals surface area contributed by atoms with Crippen LogP contribution in [0.4, 0.5) is 5.82 Å². The van der Waals surface area contributed by atoms with Crippen molar-refractivity contribution in [3.8, 4) is 0 Å². The lowest BCUT2D eigenvalue weighted by Crippen LogP contribution is -2.30. The van der Waals surface area contributed by atoms with E-state index in [0.717, 1.165) is 31.6 Å². The van der Waals surface area contributed by atoms with Crippen molar-refractivity contribution in [1.82, 2.24) is 19.7 Å². The van der Waals surface area contributed by atoms with Crippen molar-refractivity contribution < 1.29 is 0 Å². The second-order valence-electron chi connectivity index (χ2n) is 5.83. The van der Waals surface area contributed by atoms with Crippen LogP contribution in [0.15, 0.2) is 29.8 Å². The summed E-state index contributed by atoms with van der Waals surface area (Å²) in [4.78, 5) is 6.94. The second kappa shape index (κ2) is 5.37. The summed E-state index contributed by atoms with van der Waals surface area (Å²) in [7, 11) is 0. The fourth-order valence-corrected chi connectivity index (χ4v) is 3.86. The van der Waals surface area contributed by atoms with Crippen LogP contribution in [-0.2, 0) is 13.0 Å². The van der Waals surface area contributed by atoms with Crippen LogP contribution in [0.25, 0.3) is 10.2 Å². The van der Waals surface area contributed by atoms with Gasteiger partial charge in [-0.3, -0.25) is 9.58 Å². The van der Waals surface area contributed by atoms with Gasteiger partial charge in [-0.2, -0.15) is 5.10 Å². The summed E-state index contributed by atoms with van der Waals surface area (Å²) in [5.41, 5.74) is 11.4. The lowest BCUT2D eigenvalue weighted by atomic mass is 10.1. The van der Waals surface area contributed by atoms with E-state index in [2.05, 4.69) is 40.1 Å². The maximum atomic E-state index is 5.79. The van der Waals surface area contributed by atoms with Gasteiger partial charge in [0.25, 0.3) is 0 Å². The summed E-state index contributed by atoms with van der Waals surface area (Å²) in [5, 5.41) is 4.37. The zero-order chi connectivity index (χ0) is 15.1. The molecule has 3 heterocycles. The van der Waals surface area contributed by atoms with Gasteiger partial charge in [0.2, 0.25) is 0 Å². The Morgan fingerprint density at radius 3 is 3.05 bits per heavy atom. The molecule has 4 rings (SSSR count). The van der Waals surface area contributed by atoms with Crippen LogP contribution in [0.1, 0.15) is 24.2 Å². The van der Waals surface area contributed by atoms with Crippen LogP contribution < -0.4 is 5.73 Å². The first-order valence-electron chi connectivity index (χ1n) is 7.60.